The lowest BCUT2D eigenvalue weighted by Crippen LogP contribution is -1.88. The Balaban J connectivity index is 2.21. The summed E-state index contributed by atoms with van der Waals surface area (Å²) in [7, 11) is 1.69. The van der Waals surface area contributed by atoms with Gasteiger partial charge in [-0.3, -0.25) is 0 Å². The summed E-state index contributed by atoms with van der Waals surface area (Å²) in [4.78, 5) is 4.54. The van der Waals surface area contributed by atoms with E-state index >= 15 is 0 Å². The maximum atomic E-state index is 5.07. The van der Waals surface area contributed by atoms with Gasteiger partial charge in [0.05, 0.1) is 12.3 Å². The zero-order valence-electron chi connectivity index (χ0n) is 10.4. The molecule has 0 aliphatic heterocycles. The number of thiazole rings is 1. The maximum absolute atomic E-state index is 5.07. The Hall–Kier alpha value is -1.19. The second-order valence-electron chi connectivity index (χ2n) is 4.35. The fourth-order valence-corrected chi connectivity index (χ4v) is 2.47. The van der Waals surface area contributed by atoms with Crippen LogP contribution in [-0.4, -0.2) is 12.1 Å². The molecule has 0 spiro atoms. The van der Waals surface area contributed by atoms with Crippen molar-refractivity contribution in [1.82, 2.24) is 4.98 Å². The molecule has 1 aromatic heterocycles. The van der Waals surface area contributed by atoms with Crippen LogP contribution in [0, 0.1) is 0 Å². The molecule has 0 fully saturated rings. The van der Waals surface area contributed by atoms with Crippen LogP contribution < -0.4 is 0 Å². The predicted molar refractivity (Wildman–Crippen MR) is 72.4 cm³/mol. The van der Waals surface area contributed by atoms with E-state index in [1.165, 1.54) is 11.1 Å². The molecule has 0 radical (unpaired) electrons. The van der Waals surface area contributed by atoms with Gasteiger partial charge >= 0.3 is 0 Å². The predicted octanol–water partition coefficient (Wildman–Crippen LogP) is 4.08. The molecular weight excluding hydrogens is 230 g/mol. The number of aromatic nitrogens is 1. The van der Waals surface area contributed by atoms with Gasteiger partial charge in [-0.15, -0.1) is 11.3 Å². The van der Waals surface area contributed by atoms with Crippen LogP contribution >= 0.6 is 11.3 Å². The number of methoxy groups -OCH3 is 1. The van der Waals surface area contributed by atoms with Crippen LogP contribution in [0.2, 0.25) is 0 Å². The molecule has 2 rings (SSSR count). The minimum atomic E-state index is 0.574. The van der Waals surface area contributed by atoms with E-state index < -0.39 is 0 Å². The first kappa shape index (κ1) is 12.3. The third kappa shape index (κ3) is 2.93. The highest BCUT2D eigenvalue weighted by molar-refractivity contribution is 7.13. The third-order valence-electron chi connectivity index (χ3n) is 2.67. The molecule has 0 aliphatic carbocycles. The molecule has 0 saturated heterocycles. The van der Waals surface area contributed by atoms with Crippen molar-refractivity contribution in [3.8, 4) is 10.6 Å². The smallest absolute Gasteiger partial charge is 0.123 e. The van der Waals surface area contributed by atoms with Gasteiger partial charge in [0.2, 0.25) is 0 Å². The summed E-state index contributed by atoms with van der Waals surface area (Å²) in [6.45, 7) is 4.99. The van der Waals surface area contributed by atoms with E-state index in [0.717, 1.165) is 10.7 Å². The lowest BCUT2D eigenvalue weighted by molar-refractivity contribution is 0.182. The summed E-state index contributed by atoms with van der Waals surface area (Å²) >= 11 is 1.67. The molecule has 0 unspecified atom stereocenters. The molecule has 1 heterocycles. The molecule has 0 N–H and O–H groups in total. The molecule has 2 nitrogen and oxygen atoms in total. The van der Waals surface area contributed by atoms with Crippen molar-refractivity contribution in [2.24, 2.45) is 0 Å². The van der Waals surface area contributed by atoms with Gasteiger partial charge in [0.25, 0.3) is 0 Å². The molecule has 1 aromatic carbocycles. The van der Waals surface area contributed by atoms with Crippen LogP contribution in [0.5, 0.6) is 0 Å². The van der Waals surface area contributed by atoms with Crippen LogP contribution in [0.15, 0.2) is 29.6 Å². The lowest BCUT2D eigenvalue weighted by atomic mass is 10.0. The van der Waals surface area contributed by atoms with Gasteiger partial charge in [-0.05, 0) is 11.5 Å². The quantitative estimate of drug-likeness (QED) is 0.812. The van der Waals surface area contributed by atoms with Crippen LogP contribution in [0.25, 0.3) is 10.6 Å². The van der Waals surface area contributed by atoms with E-state index in [2.05, 4.69) is 48.5 Å². The Labute approximate surface area is 106 Å². The summed E-state index contributed by atoms with van der Waals surface area (Å²) in [5, 5.41) is 3.11. The zero-order valence-corrected chi connectivity index (χ0v) is 11.3. The van der Waals surface area contributed by atoms with Crippen LogP contribution in [0.1, 0.15) is 31.0 Å². The highest BCUT2D eigenvalue weighted by atomic mass is 32.1. The third-order valence-corrected chi connectivity index (χ3v) is 3.61. The number of rotatable bonds is 4. The molecule has 17 heavy (non-hydrogen) atoms. The summed E-state index contributed by atoms with van der Waals surface area (Å²) in [6, 6.07) is 8.64. The number of hydrogen-bond donors (Lipinski definition) is 0. The van der Waals surface area contributed by atoms with Gasteiger partial charge < -0.3 is 4.74 Å². The normalized spacial score (nSPS) is 11.1. The minimum absolute atomic E-state index is 0.574. The summed E-state index contributed by atoms with van der Waals surface area (Å²) < 4.78 is 5.07. The Kier molecular flexibility index (Phi) is 3.92. The van der Waals surface area contributed by atoms with E-state index in [4.69, 9.17) is 4.74 Å². The van der Waals surface area contributed by atoms with E-state index in [1.807, 2.05) is 0 Å². The van der Waals surface area contributed by atoms with Crippen LogP contribution in [0.4, 0.5) is 0 Å². The Bertz CT molecular complexity index is 473. The van der Waals surface area contributed by atoms with E-state index in [9.17, 15) is 0 Å². The molecule has 0 amide bonds. The fourth-order valence-electron chi connectivity index (χ4n) is 1.66. The van der Waals surface area contributed by atoms with E-state index in [1.54, 1.807) is 18.4 Å². The van der Waals surface area contributed by atoms with Crippen molar-refractivity contribution in [3.63, 3.8) is 0 Å². The van der Waals surface area contributed by atoms with Crippen molar-refractivity contribution >= 4 is 11.3 Å². The summed E-state index contributed by atoms with van der Waals surface area (Å²) in [5.74, 6) is 0.574. The average molecular weight is 247 g/mol. The van der Waals surface area contributed by atoms with Gasteiger partial charge in [-0.2, -0.15) is 0 Å². The molecule has 0 atom stereocenters. The molecule has 3 heteroatoms. The second kappa shape index (κ2) is 5.43. The lowest BCUT2D eigenvalue weighted by Gasteiger charge is -2.05. The van der Waals surface area contributed by atoms with Crippen molar-refractivity contribution in [2.75, 3.05) is 7.11 Å². The first-order chi connectivity index (χ1) is 8.20. The first-order valence-electron chi connectivity index (χ1n) is 5.74. The van der Waals surface area contributed by atoms with Crippen molar-refractivity contribution in [3.05, 3.63) is 40.9 Å². The zero-order chi connectivity index (χ0) is 12.3. The highest BCUT2D eigenvalue weighted by Gasteiger charge is 2.05. The largest absolute Gasteiger partial charge is 0.378 e. The fraction of sp³-hybridized carbons (Fsp3) is 0.357. The second-order valence-corrected chi connectivity index (χ2v) is 5.21. The molecule has 0 bridgehead atoms. The molecule has 90 valence electrons. The molecule has 2 aromatic rings. The van der Waals surface area contributed by atoms with E-state index in [-0.39, 0.29) is 0 Å². The van der Waals surface area contributed by atoms with Crippen LogP contribution in [-0.2, 0) is 11.3 Å². The summed E-state index contributed by atoms with van der Waals surface area (Å²) in [6.07, 6.45) is 0. The van der Waals surface area contributed by atoms with Gasteiger partial charge in [-0.25, -0.2) is 4.98 Å². The first-order valence-corrected chi connectivity index (χ1v) is 6.62. The number of benzene rings is 1. The van der Waals surface area contributed by atoms with Crippen molar-refractivity contribution < 1.29 is 4.74 Å². The van der Waals surface area contributed by atoms with Crippen LogP contribution in [0.3, 0.4) is 0 Å². The Morgan fingerprint density at radius 3 is 2.53 bits per heavy atom. The Morgan fingerprint density at radius 1 is 1.24 bits per heavy atom. The van der Waals surface area contributed by atoms with Gasteiger partial charge in [-0.1, -0.05) is 38.1 Å². The molecule has 0 aliphatic rings. The molecule has 0 saturated carbocycles. The minimum Gasteiger partial charge on any atom is -0.378 e. The number of ether oxygens (including phenoxy) is 1. The number of nitrogens with zero attached hydrogens (tertiary/aromatic N) is 1. The van der Waals surface area contributed by atoms with E-state index in [0.29, 0.717) is 12.5 Å². The summed E-state index contributed by atoms with van der Waals surface area (Å²) in [5.41, 5.74) is 3.55. The highest BCUT2D eigenvalue weighted by Crippen LogP contribution is 2.25. The SMILES string of the molecule is COCc1csc(-c2ccc(C(C)C)cc2)n1. The van der Waals surface area contributed by atoms with Gasteiger partial charge in [0.15, 0.2) is 0 Å². The number of hydrogen-bond acceptors (Lipinski definition) is 3. The topological polar surface area (TPSA) is 22.1 Å². The average Bonchev–Trinajstić information content (AvgIpc) is 2.78. The van der Waals surface area contributed by atoms with Gasteiger partial charge in [0, 0.05) is 18.1 Å². The van der Waals surface area contributed by atoms with Gasteiger partial charge in [0.1, 0.15) is 5.01 Å². The van der Waals surface area contributed by atoms with Crippen molar-refractivity contribution in [1.29, 1.82) is 0 Å². The van der Waals surface area contributed by atoms with Crippen molar-refractivity contribution in [2.45, 2.75) is 26.4 Å². The monoisotopic (exact) mass is 247 g/mol. The standard InChI is InChI=1S/C14H17NOS/c1-10(2)11-4-6-12(7-5-11)14-15-13(8-16-3)9-17-14/h4-7,9-10H,8H2,1-3H3. The Morgan fingerprint density at radius 2 is 1.94 bits per heavy atom. The maximum Gasteiger partial charge on any atom is 0.123 e. The molecular formula is C14H17NOS.